The van der Waals surface area contributed by atoms with Crippen LogP contribution in [0.4, 0.5) is 27.2 Å². The smallest absolute Gasteiger partial charge is 0.407 e. The molecule has 0 aromatic heterocycles. The van der Waals surface area contributed by atoms with Gasteiger partial charge in [0.25, 0.3) is 23.6 Å². The van der Waals surface area contributed by atoms with Crippen molar-refractivity contribution >= 4 is 84.5 Å². The maximum Gasteiger partial charge on any atom is 0.407 e. The lowest BCUT2D eigenvalue weighted by Gasteiger charge is -2.27. The largest absolute Gasteiger partial charge is 0.489 e. The molecule has 4 heterocycles. The first kappa shape index (κ1) is 88.8. The van der Waals surface area contributed by atoms with Gasteiger partial charge in [-0.05, 0) is 162 Å². The van der Waals surface area contributed by atoms with Crippen LogP contribution >= 0.6 is 24.8 Å². The SMILES string of the molecule is CC(C)(C)OC(=O)NC/C(=C\F)COc1ccc2c(c1)CCN(CC(=O)O)C2=O.COC(=O)CN1CCc2cc(OC/C(=C/F)CNC(=O)OC(C)(C)C)ccc2C1=O.Cl.Cl.NC/C(=C\F)COc1ccc2c(c1)CCN(CC(=O)O)C2=O.NC/C(=C\F)COc1ccc2c(c1)CCN(CC(=O)O)C2=O. The number of alkyl carbamates (subject to hydrolysis) is 2. The summed E-state index contributed by atoms with van der Waals surface area (Å²) in [5, 5.41) is 31.4. The maximum absolute atomic E-state index is 13.1. The predicted octanol–water partition coefficient (Wildman–Crippen LogP) is 7.91. The molecular weight excluding hydrogens is 1430 g/mol. The first-order chi connectivity index (χ1) is 48.8. The second kappa shape index (κ2) is 43.0. The van der Waals surface area contributed by atoms with Crippen molar-refractivity contribution in [2.75, 3.05) is 112 Å². The zero-order valence-corrected chi connectivity index (χ0v) is 60.6. The number of carboxylic acid groups (broad SMARTS) is 3. The molecule has 0 saturated heterocycles. The number of fused-ring (bicyclic) bond motifs is 4. The van der Waals surface area contributed by atoms with Gasteiger partial charge in [-0.2, -0.15) is 0 Å². The average Bonchev–Trinajstić information content (AvgIpc) is 0.825. The van der Waals surface area contributed by atoms with Crippen LogP contribution in [-0.4, -0.2) is 218 Å². The summed E-state index contributed by atoms with van der Waals surface area (Å²) < 4.78 is 87.9. The van der Waals surface area contributed by atoms with Crippen molar-refractivity contribution < 1.29 is 114 Å². The number of aliphatic carboxylic acids is 3. The Kier molecular flexibility index (Phi) is 36.3. The minimum atomic E-state index is -1.06. The Morgan fingerprint density at radius 3 is 0.905 bits per heavy atom. The Balaban J connectivity index is 0.000000364. The molecule has 105 heavy (non-hydrogen) atoms. The van der Waals surface area contributed by atoms with Gasteiger partial charge in [0.05, 0.1) is 32.4 Å². The highest BCUT2D eigenvalue weighted by Gasteiger charge is 2.31. The van der Waals surface area contributed by atoms with Crippen LogP contribution in [0.15, 0.2) is 120 Å². The van der Waals surface area contributed by atoms with E-state index in [1.165, 1.54) is 26.7 Å². The van der Waals surface area contributed by atoms with Crippen molar-refractivity contribution in [2.24, 2.45) is 11.5 Å². The number of carbonyl (C=O) groups excluding carboxylic acids is 7. The number of hydrogen-bond donors (Lipinski definition) is 7. The Morgan fingerprint density at radius 2 is 0.686 bits per heavy atom. The highest BCUT2D eigenvalue weighted by atomic mass is 35.5. The van der Waals surface area contributed by atoms with Gasteiger partial charge in [0.2, 0.25) is 0 Å². The molecule has 0 aliphatic carbocycles. The summed E-state index contributed by atoms with van der Waals surface area (Å²) in [5.74, 6) is -2.86. The van der Waals surface area contributed by atoms with E-state index < -0.39 is 47.3 Å². The number of carboxylic acids is 3. The van der Waals surface area contributed by atoms with Gasteiger partial charge in [-0.15, -0.1) is 24.8 Å². The van der Waals surface area contributed by atoms with Crippen LogP contribution in [0, 0.1) is 0 Å². The Hall–Kier alpha value is -10.4. The highest BCUT2D eigenvalue weighted by molar-refractivity contribution is 6.00. The van der Waals surface area contributed by atoms with Gasteiger partial charge in [-0.3, -0.25) is 38.4 Å². The second-order valence-corrected chi connectivity index (χ2v) is 25.3. The summed E-state index contributed by atoms with van der Waals surface area (Å²) in [7, 11) is 1.28. The molecule has 8 rings (SSSR count). The third-order valence-corrected chi connectivity index (χ3v) is 15.1. The summed E-state index contributed by atoms with van der Waals surface area (Å²) in [4.78, 5) is 121. The van der Waals surface area contributed by atoms with E-state index in [0.29, 0.717) is 134 Å². The minimum Gasteiger partial charge on any atom is -0.489 e. The van der Waals surface area contributed by atoms with Gasteiger partial charge < -0.3 is 90.2 Å². The number of nitrogens with two attached hydrogens (primary N) is 2. The van der Waals surface area contributed by atoms with Gasteiger partial charge in [0.15, 0.2) is 0 Å². The van der Waals surface area contributed by atoms with E-state index in [4.69, 9.17) is 55.2 Å². The molecule has 0 unspecified atom stereocenters. The molecular formula is C71H88Cl2F4N8O20. The van der Waals surface area contributed by atoms with Crippen molar-refractivity contribution in [3.63, 3.8) is 0 Å². The van der Waals surface area contributed by atoms with E-state index in [9.17, 15) is 65.5 Å². The zero-order valence-electron chi connectivity index (χ0n) is 58.9. The molecule has 4 aromatic carbocycles. The molecule has 4 aromatic rings. The van der Waals surface area contributed by atoms with Gasteiger partial charge >= 0.3 is 36.1 Å². The van der Waals surface area contributed by atoms with Crippen molar-refractivity contribution in [1.29, 1.82) is 0 Å². The fourth-order valence-corrected chi connectivity index (χ4v) is 9.94. The van der Waals surface area contributed by atoms with Crippen LogP contribution in [0.5, 0.6) is 23.0 Å². The van der Waals surface area contributed by atoms with E-state index in [0.717, 1.165) is 22.3 Å². The average molecular weight is 1520 g/mol. The molecule has 4 aliphatic rings. The molecule has 6 amide bonds. The van der Waals surface area contributed by atoms with E-state index in [2.05, 4.69) is 15.4 Å². The summed E-state index contributed by atoms with van der Waals surface area (Å²) in [6.07, 6.45) is 2.44. The number of carbonyl (C=O) groups is 10. The lowest BCUT2D eigenvalue weighted by molar-refractivity contribution is -0.141. The molecule has 0 spiro atoms. The third-order valence-electron chi connectivity index (χ3n) is 15.1. The van der Waals surface area contributed by atoms with Crippen LogP contribution in [0.3, 0.4) is 0 Å². The first-order valence-corrected chi connectivity index (χ1v) is 32.2. The summed E-state index contributed by atoms with van der Waals surface area (Å²) in [5.41, 5.74) is 15.5. The molecule has 574 valence electrons. The third kappa shape index (κ3) is 29.3. The molecule has 34 heteroatoms. The van der Waals surface area contributed by atoms with Crippen LogP contribution in [0.25, 0.3) is 0 Å². The highest BCUT2D eigenvalue weighted by Crippen LogP contribution is 2.29. The van der Waals surface area contributed by atoms with Crippen molar-refractivity contribution in [2.45, 2.75) is 78.4 Å². The number of amides is 6. The number of ether oxygens (including phenoxy) is 7. The molecule has 28 nitrogen and oxygen atoms in total. The van der Waals surface area contributed by atoms with Crippen LogP contribution in [0.2, 0.25) is 0 Å². The Morgan fingerprint density at radius 1 is 0.438 bits per heavy atom. The standard InChI is InChI=1S/C21H27FN2O6.C20H25FN2O6.2C15H17FN2O4.2ClH/c1-21(2,3)30-20(27)23-11-14(10-22)13-29-16-5-6-17-15(9-16)7-8-24(19(17)26)12-18(25)28-4;1-20(2,3)29-19(27)22-10-13(9-21)12-28-15-4-5-16-14(8-15)6-7-23(18(16)26)11-17(24)25;2*16-6-10(7-17)9-22-12-1-2-13-11(5-12)3-4-18(15(13)21)8-14(19)20;;/h5-6,9-10H,7-8,11-13H2,1-4H3,(H,23,27);4-5,8-9H,6-7,10-12H2,1-3H3,(H,22,27)(H,24,25);2*1-2,5-6H,3-4,7-9,17H2,(H,19,20);2*1H/b14-10+;13-9+;2*10-6+;;. The zero-order chi connectivity index (χ0) is 76.1. The molecule has 0 radical (unpaired) electrons. The summed E-state index contributed by atoms with van der Waals surface area (Å²) in [6, 6.07) is 19.6. The molecule has 0 saturated carbocycles. The van der Waals surface area contributed by atoms with Gasteiger partial charge in [-0.25, -0.2) is 27.2 Å². The number of nitrogens with zero attached hydrogens (tertiary/aromatic N) is 4. The second-order valence-electron chi connectivity index (χ2n) is 25.3. The topological polar surface area (TPSA) is 385 Å². The van der Waals surface area contributed by atoms with Crippen molar-refractivity contribution in [1.82, 2.24) is 30.2 Å². The molecule has 9 N–H and O–H groups in total. The number of rotatable bonds is 26. The van der Waals surface area contributed by atoms with Gasteiger partial charge in [0, 0.05) is 96.9 Å². The number of esters is 1. The molecule has 0 bridgehead atoms. The lowest BCUT2D eigenvalue weighted by atomic mass is 9.98. The fraction of sp³-hybridized carbons (Fsp3) is 0.408. The van der Waals surface area contributed by atoms with Gasteiger partial charge in [0.1, 0.15) is 86.8 Å². The summed E-state index contributed by atoms with van der Waals surface area (Å²) in [6.45, 7) is 10.7. The molecule has 0 atom stereocenters. The monoisotopic (exact) mass is 1520 g/mol. The Bertz CT molecular complexity index is 3760. The van der Waals surface area contributed by atoms with E-state index in [-0.39, 0.29) is 138 Å². The first-order valence-electron chi connectivity index (χ1n) is 32.2. The number of halogens is 6. The lowest BCUT2D eigenvalue weighted by Crippen LogP contribution is -2.41. The number of hydrogen-bond acceptors (Lipinski definition) is 19. The van der Waals surface area contributed by atoms with E-state index in [1.54, 1.807) is 114 Å². The fourth-order valence-electron chi connectivity index (χ4n) is 9.94. The van der Waals surface area contributed by atoms with Gasteiger partial charge in [-0.1, -0.05) is 0 Å². The van der Waals surface area contributed by atoms with Crippen LogP contribution < -0.4 is 41.0 Å². The predicted molar refractivity (Wildman–Crippen MR) is 379 cm³/mol. The number of methoxy groups -OCH3 is 1. The molecule has 4 aliphatic heterocycles. The molecule has 0 fully saturated rings. The van der Waals surface area contributed by atoms with Crippen molar-refractivity contribution in [3.05, 3.63) is 165 Å². The number of benzene rings is 4. The summed E-state index contributed by atoms with van der Waals surface area (Å²) >= 11 is 0. The van der Waals surface area contributed by atoms with Crippen molar-refractivity contribution in [3.8, 4) is 23.0 Å². The van der Waals surface area contributed by atoms with E-state index >= 15 is 0 Å². The normalized spacial score (nSPS) is 14.1. The van der Waals surface area contributed by atoms with E-state index in [1.807, 2.05) is 0 Å². The maximum atomic E-state index is 13.1. The quantitative estimate of drug-likeness (QED) is 0.0178. The Labute approximate surface area is 616 Å². The minimum absolute atomic E-state index is 0. The van der Waals surface area contributed by atoms with Crippen LogP contribution in [0.1, 0.15) is 105 Å². The van der Waals surface area contributed by atoms with Crippen LogP contribution in [-0.2, 0) is 59.1 Å². The number of nitrogens with one attached hydrogen (secondary N) is 2.